The lowest BCUT2D eigenvalue weighted by Gasteiger charge is -2.35. The molecule has 2 aromatic rings. The first-order chi connectivity index (χ1) is 13.6. The van der Waals surface area contributed by atoms with Crippen molar-refractivity contribution in [3.8, 4) is 5.75 Å². The summed E-state index contributed by atoms with van der Waals surface area (Å²) in [5, 5.41) is 0. The monoisotopic (exact) mass is 380 g/mol. The van der Waals surface area contributed by atoms with E-state index in [-0.39, 0.29) is 24.3 Å². The molecule has 1 atom stereocenters. The number of rotatable bonds is 4. The van der Waals surface area contributed by atoms with Crippen LogP contribution in [0.5, 0.6) is 5.75 Å². The van der Waals surface area contributed by atoms with Crippen molar-refractivity contribution in [3.05, 3.63) is 54.1 Å². The number of hydrogen-bond donors (Lipinski definition) is 1. The Bertz CT molecular complexity index is 876. The van der Waals surface area contributed by atoms with Gasteiger partial charge in [0.2, 0.25) is 5.91 Å². The van der Waals surface area contributed by atoms with Crippen molar-refractivity contribution >= 4 is 23.2 Å². The average Bonchev–Trinajstić information content (AvgIpc) is 3.03. The van der Waals surface area contributed by atoms with Crippen LogP contribution in [0.1, 0.15) is 12.0 Å². The van der Waals surface area contributed by atoms with Gasteiger partial charge in [0.25, 0.3) is 5.91 Å². The molecule has 0 aromatic heterocycles. The van der Waals surface area contributed by atoms with Crippen LogP contribution < -0.4 is 19.4 Å². The van der Waals surface area contributed by atoms with E-state index < -0.39 is 0 Å². The maximum absolute atomic E-state index is 13.1. The Kier molecular flexibility index (Phi) is 5.05. The minimum absolute atomic E-state index is 0.0930. The van der Waals surface area contributed by atoms with Crippen molar-refractivity contribution in [2.45, 2.75) is 19.4 Å². The molecule has 1 N–H and O–H groups in total. The van der Waals surface area contributed by atoms with Gasteiger partial charge in [-0.1, -0.05) is 24.3 Å². The number of nitrogens with one attached hydrogen (secondary N) is 1. The largest absolute Gasteiger partial charge is 0.497 e. The third kappa shape index (κ3) is 3.36. The zero-order valence-electron chi connectivity index (χ0n) is 16.4. The Morgan fingerprint density at radius 3 is 2.43 bits per heavy atom. The summed E-state index contributed by atoms with van der Waals surface area (Å²) in [4.78, 5) is 30.8. The predicted molar refractivity (Wildman–Crippen MR) is 108 cm³/mol. The maximum Gasteiger partial charge on any atom is 0.292 e. The number of imide groups is 1. The zero-order chi connectivity index (χ0) is 19.7. The van der Waals surface area contributed by atoms with Crippen LogP contribution in [0.15, 0.2) is 48.5 Å². The first-order valence-electron chi connectivity index (χ1n) is 9.74. The second-order valence-electron chi connectivity index (χ2n) is 7.46. The molecule has 146 valence electrons. The minimum atomic E-state index is -0.295. The molecule has 6 heteroatoms. The van der Waals surface area contributed by atoms with Gasteiger partial charge in [0.1, 0.15) is 5.75 Å². The van der Waals surface area contributed by atoms with Gasteiger partial charge in [0, 0.05) is 11.8 Å². The second-order valence-corrected chi connectivity index (χ2v) is 7.46. The number of ether oxygens (including phenoxy) is 1. The average molecular weight is 380 g/mol. The molecule has 0 unspecified atom stereocenters. The normalized spacial score (nSPS) is 20.7. The number of carbonyl (C=O) groups is 2. The fraction of sp³-hybridized carbons (Fsp3) is 0.364. The van der Waals surface area contributed by atoms with Gasteiger partial charge in [0.15, 0.2) is 6.04 Å². The van der Waals surface area contributed by atoms with E-state index in [9.17, 15) is 9.59 Å². The smallest absolute Gasteiger partial charge is 0.292 e. The molecule has 0 aliphatic carbocycles. The molecule has 28 heavy (non-hydrogen) atoms. The minimum Gasteiger partial charge on any atom is -0.497 e. The Morgan fingerprint density at radius 2 is 1.75 bits per heavy atom. The molecular weight excluding hydrogens is 354 g/mol. The van der Waals surface area contributed by atoms with Crippen molar-refractivity contribution in [1.29, 1.82) is 0 Å². The van der Waals surface area contributed by atoms with Crippen LogP contribution in [0.25, 0.3) is 0 Å². The number of methoxy groups -OCH3 is 1. The highest BCUT2D eigenvalue weighted by molar-refractivity contribution is 6.22. The molecule has 2 aliphatic rings. The number of quaternary nitrogens is 1. The van der Waals surface area contributed by atoms with Gasteiger partial charge in [-0.05, 0) is 30.7 Å². The second kappa shape index (κ2) is 7.64. The molecule has 4 rings (SSSR count). The summed E-state index contributed by atoms with van der Waals surface area (Å²) in [6.45, 7) is 5.38. The summed E-state index contributed by atoms with van der Waals surface area (Å²) in [6, 6.07) is 15.5. The van der Waals surface area contributed by atoms with E-state index in [1.165, 1.54) is 15.5 Å². The number of benzene rings is 2. The van der Waals surface area contributed by atoms with Gasteiger partial charge in [-0.3, -0.25) is 9.59 Å². The number of piperazine rings is 1. The molecule has 0 spiro atoms. The van der Waals surface area contributed by atoms with Gasteiger partial charge in [-0.15, -0.1) is 0 Å². The maximum atomic E-state index is 13.1. The Balaban J connectivity index is 1.48. The first-order valence-corrected chi connectivity index (χ1v) is 9.74. The lowest BCUT2D eigenvalue weighted by atomic mass is 10.1. The molecular formula is C22H26N3O3+. The topological polar surface area (TPSA) is 54.3 Å². The van der Waals surface area contributed by atoms with Gasteiger partial charge >= 0.3 is 0 Å². The van der Waals surface area contributed by atoms with Gasteiger partial charge in [0.05, 0.1) is 45.4 Å². The molecule has 0 saturated carbocycles. The highest BCUT2D eigenvalue weighted by Gasteiger charge is 2.46. The van der Waals surface area contributed by atoms with Crippen molar-refractivity contribution in [2.24, 2.45) is 0 Å². The van der Waals surface area contributed by atoms with Crippen molar-refractivity contribution in [2.75, 3.05) is 43.1 Å². The number of nitrogens with zero attached hydrogens (tertiary/aromatic N) is 2. The third-order valence-electron chi connectivity index (χ3n) is 5.82. The summed E-state index contributed by atoms with van der Waals surface area (Å²) < 4.78 is 5.28. The van der Waals surface area contributed by atoms with Gasteiger partial charge < -0.3 is 14.5 Å². The van der Waals surface area contributed by atoms with Gasteiger partial charge in [-0.2, -0.15) is 0 Å². The summed E-state index contributed by atoms with van der Waals surface area (Å²) in [6.07, 6.45) is 0.274. The third-order valence-corrected chi connectivity index (χ3v) is 5.82. The Labute approximate surface area is 165 Å². The SMILES string of the molecule is COc1ccc(C)c(N2C(=O)C[C@H]([NH+]3CCN(c4ccccc4)CC3)C2=O)c1. The molecule has 2 aliphatic heterocycles. The van der Waals surface area contributed by atoms with Gasteiger partial charge in [-0.25, -0.2) is 4.90 Å². The summed E-state index contributed by atoms with van der Waals surface area (Å²) in [5.41, 5.74) is 2.75. The van der Waals surface area contributed by atoms with E-state index in [1.54, 1.807) is 13.2 Å². The highest BCUT2D eigenvalue weighted by atomic mass is 16.5. The fourth-order valence-corrected chi connectivity index (χ4v) is 4.20. The van der Waals surface area contributed by atoms with Crippen molar-refractivity contribution in [3.63, 3.8) is 0 Å². The van der Waals surface area contributed by atoms with E-state index in [2.05, 4.69) is 17.0 Å². The van der Waals surface area contributed by atoms with Crippen LogP contribution in [0.4, 0.5) is 11.4 Å². The van der Waals surface area contributed by atoms with Crippen LogP contribution in [0.2, 0.25) is 0 Å². The van der Waals surface area contributed by atoms with Crippen LogP contribution in [0, 0.1) is 6.92 Å². The lowest BCUT2D eigenvalue weighted by molar-refractivity contribution is -0.915. The zero-order valence-corrected chi connectivity index (χ0v) is 16.4. The van der Waals surface area contributed by atoms with E-state index >= 15 is 0 Å². The molecule has 2 saturated heterocycles. The van der Waals surface area contributed by atoms with Crippen LogP contribution >= 0.6 is 0 Å². The van der Waals surface area contributed by atoms with Crippen molar-refractivity contribution < 1.29 is 19.2 Å². The summed E-state index contributed by atoms with van der Waals surface area (Å²) in [5.74, 6) is 0.433. The lowest BCUT2D eigenvalue weighted by Crippen LogP contribution is -3.19. The van der Waals surface area contributed by atoms with E-state index in [1.807, 2.05) is 37.3 Å². The highest BCUT2D eigenvalue weighted by Crippen LogP contribution is 2.29. The Morgan fingerprint density at radius 1 is 1.04 bits per heavy atom. The predicted octanol–water partition coefficient (Wildman–Crippen LogP) is 1.04. The number of anilines is 2. The number of amides is 2. The van der Waals surface area contributed by atoms with Crippen LogP contribution in [0.3, 0.4) is 0 Å². The number of aryl methyl sites for hydroxylation is 1. The number of hydrogen-bond acceptors (Lipinski definition) is 4. The first kappa shape index (κ1) is 18.5. The molecule has 2 heterocycles. The summed E-state index contributed by atoms with van der Waals surface area (Å²) in [7, 11) is 1.58. The van der Waals surface area contributed by atoms with E-state index in [4.69, 9.17) is 4.74 Å². The molecule has 2 amide bonds. The van der Waals surface area contributed by atoms with E-state index in [0.29, 0.717) is 11.4 Å². The Hall–Kier alpha value is -2.86. The molecule has 6 nitrogen and oxygen atoms in total. The molecule has 2 aromatic carbocycles. The quantitative estimate of drug-likeness (QED) is 0.806. The van der Waals surface area contributed by atoms with Crippen molar-refractivity contribution in [1.82, 2.24) is 0 Å². The molecule has 0 bridgehead atoms. The summed E-state index contributed by atoms with van der Waals surface area (Å²) >= 11 is 0. The number of para-hydroxylation sites is 1. The molecule has 0 radical (unpaired) electrons. The van der Waals surface area contributed by atoms with Crippen LogP contribution in [-0.4, -0.2) is 51.1 Å². The standard InChI is InChI=1S/C22H25N3O3/c1-16-8-9-18(28-2)14-19(16)25-21(26)15-20(22(25)27)24-12-10-23(11-13-24)17-6-4-3-5-7-17/h3-9,14,20H,10-13,15H2,1-2H3/p+1/t20-/m0/s1. The van der Waals surface area contributed by atoms with E-state index in [0.717, 1.165) is 31.7 Å². The molecule has 2 fully saturated rings. The number of carbonyl (C=O) groups excluding carboxylic acids is 2. The van der Waals surface area contributed by atoms with Crippen LogP contribution in [-0.2, 0) is 9.59 Å². The fourth-order valence-electron chi connectivity index (χ4n) is 4.20.